The van der Waals surface area contributed by atoms with Crippen molar-refractivity contribution in [2.75, 3.05) is 0 Å². The summed E-state index contributed by atoms with van der Waals surface area (Å²) in [7, 11) is 0. The Morgan fingerprint density at radius 1 is 1.15 bits per heavy atom. The van der Waals surface area contributed by atoms with Crippen LogP contribution in [0.5, 0.6) is 5.75 Å². The van der Waals surface area contributed by atoms with Crippen molar-refractivity contribution in [1.29, 1.82) is 0 Å². The fourth-order valence-electron chi connectivity index (χ4n) is 2.03. The van der Waals surface area contributed by atoms with Crippen molar-refractivity contribution in [3.8, 4) is 5.75 Å². The third kappa shape index (κ3) is 3.58. The lowest BCUT2D eigenvalue weighted by molar-refractivity contribution is 0.239. The van der Waals surface area contributed by atoms with Crippen molar-refractivity contribution in [1.82, 2.24) is 0 Å². The number of benzene rings is 2. The van der Waals surface area contributed by atoms with Crippen LogP contribution in [0.25, 0.3) is 0 Å². The van der Waals surface area contributed by atoms with E-state index in [2.05, 4.69) is 15.9 Å². The maximum atomic E-state index is 13.5. The highest BCUT2D eigenvalue weighted by molar-refractivity contribution is 9.10. The molecule has 2 aromatic rings. The van der Waals surface area contributed by atoms with Crippen LogP contribution in [0.15, 0.2) is 46.9 Å². The molecule has 0 fully saturated rings. The van der Waals surface area contributed by atoms with Gasteiger partial charge in [-0.25, -0.2) is 4.39 Å². The lowest BCUT2D eigenvalue weighted by Gasteiger charge is -2.19. The van der Waals surface area contributed by atoms with Gasteiger partial charge in [-0.05, 0) is 43.7 Å². The van der Waals surface area contributed by atoms with Gasteiger partial charge in [-0.2, -0.15) is 0 Å². The summed E-state index contributed by atoms with van der Waals surface area (Å²) in [6, 6.07) is 11.8. The second-order valence-electron chi connectivity index (χ2n) is 4.88. The van der Waals surface area contributed by atoms with Crippen LogP contribution in [-0.2, 0) is 0 Å². The summed E-state index contributed by atoms with van der Waals surface area (Å²) >= 11 is 3.29. The van der Waals surface area contributed by atoms with Gasteiger partial charge >= 0.3 is 0 Å². The largest absolute Gasteiger partial charge is 0.491 e. The smallest absolute Gasteiger partial charge is 0.124 e. The molecule has 0 aliphatic carbocycles. The Morgan fingerprint density at radius 2 is 1.85 bits per heavy atom. The van der Waals surface area contributed by atoms with Crippen LogP contribution >= 0.6 is 15.9 Å². The molecule has 2 aromatic carbocycles. The van der Waals surface area contributed by atoms with Gasteiger partial charge in [-0.1, -0.05) is 34.1 Å². The zero-order chi connectivity index (χ0) is 14.7. The molecule has 2 N–H and O–H groups in total. The Kier molecular flexibility index (Phi) is 4.78. The first-order valence-electron chi connectivity index (χ1n) is 6.44. The van der Waals surface area contributed by atoms with E-state index in [1.807, 2.05) is 44.2 Å². The number of rotatable bonds is 4. The van der Waals surface area contributed by atoms with Crippen molar-refractivity contribution < 1.29 is 9.13 Å². The number of hydrogen-bond donors (Lipinski definition) is 1. The minimum Gasteiger partial charge on any atom is -0.491 e. The number of halogens is 2. The molecule has 2 nitrogen and oxygen atoms in total. The molecular weight excluding hydrogens is 321 g/mol. The average molecular weight is 338 g/mol. The zero-order valence-electron chi connectivity index (χ0n) is 11.4. The van der Waals surface area contributed by atoms with Gasteiger partial charge in [0.05, 0.1) is 12.1 Å². The molecule has 106 valence electrons. The highest BCUT2D eigenvalue weighted by atomic mass is 79.9. The minimum absolute atomic E-state index is 0.0580. The van der Waals surface area contributed by atoms with Crippen LogP contribution in [0.1, 0.15) is 31.0 Å². The van der Waals surface area contributed by atoms with Gasteiger partial charge in [0, 0.05) is 10.0 Å². The van der Waals surface area contributed by atoms with Crippen LogP contribution in [0.2, 0.25) is 0 Å². The van der Waals surface area contributed by atoms with E-state index in [0.29, 0.717) is 10.0 Å². The highest BCUT2D eigenvalue weighted by Crippen LogP contribution is 2.30. The van der Waals surface area contributed by atoms with Crippen molar-refractivity contribution in [3.63, 3.8) is 0 Å². The Bertz CT molecular complexity index is 581. The summed E-state index contributed by atoms with van der Waals surface area (Å²) in [6.45, 7) is 3.92. The molecule has 20 heavy (non-hydrogen) atoms. The van der Waals surface area contributed by atoms with Crippen LogP contribution in [0, 0.1) is 5.82 Å². The third-order valence-electron chi connectivity index (χ3n) is 2.86. The van der Waals surface area contributed by atoms with E-state index in [-0.39, 0.29) is 11.9 Å². The summed E-state index contributed by atoms with van der Waals surface area (Å²) in [6.07, 6.45) is 0.0580. The van der Waals surface area contributed by atoms with Crippen LogP contribution in [-0.4, -0.2) is 6.10 Å². The topological polar surface area (TPSA) is 35.2 Å². The maximum Gasteiger partial charge on any atom is 0.124 e. The standard InChI is InChI=1S/C16H17BrFNO/c1-10(2)20-15-6-4-3-5-14(15)16(19)11-7-12(17)9-13(18)8-11/h3-10,16H,19H2,1-2H3. The number of para-hydroxylation sites is 1. The molecule has 0 bridgehead atoms. The molecule has 4 heteroatoms. The minimum atomic E-state index is -0.433. The van der Waals surface area contributed by atoms with Gasteiger partial charge < -0.3 is 10.5 Å². The molecule has 2 rings (SSSR count). The van der Waals surface area contributed by atoms with E-state index in [9.17, 15) is 4.39 Å². The van der Waals surface area contributed by atoms with Gasteiger partial charge in [0.25, 0.3) is 0 Å². The van der Waals surface area contributed by atoms with E-state index in [0.717, 1.165) is 11.3 Å². The zero-order valence-corrected chi connectivity index (χ0v) is 13.0. The Balaban J connectivity index is 2.39. The average Bonchev–Trinajstić information content (AvgIpc) is 2.36. The monoisotopic (exact) mass is 337 g/mol. The Morgan fingerprint density at radius 3 is 2.50 bits per heavy atom. The molecule has 0 aliphatic heterocycles. The molecule has 0 amide bonds. The predicted octanol–water partition coefficient (Wildman–Crippen LogP) is 4.42. The first-order valence-corrected chi connectivity index (χ1v) is 7.24. The van der Waals surface area contributed by atoms with Gasteiger partial charge in [-0.15, -0.1) is 0 Å². The SMILES string of the molecule is CC(C)Oc1ccccc1C(N)c1cc(F)cc(Br)c1. The summed E-state index contributed by atoms with van der Waals surface area (Å²) in [5.41, 5.74) is 7.81. The summed E-state index contributed by atoms with van der Waals surface area (Å²) < 4.78 is 19.9. The summed E-state index contributed by atoms with van der Waals surface area (Å²) in [5.74, 6) is 0.419. The van der Waals surface area contributed by atoms with Gasteiger partial charge in [0.15, 0.2) is 0 Å². The fraction of sp³-hybridized carbons (Fsp3) is 0.250. The second kappa shape index (κ2) is 6.37. The predicted molar refractivity (Wildman–Crippen MR) is 82.3 cm³/mol. The van der Waals surface area contributed by atoms with Crippen LogP contribution in [0.3, 0.4) is 0 Å². The summed E-state index contributed by atoms with van der Waals surface area (Å²) in [4.78, 5) is 0. The van der Waals surface area contributed by atoms with Crippen molar-refractivity contribution in [3.05, 3.63) is 63.9 Å². The first-order chi connectivity index (χ1) is 9.47. The van der Waals surface area contributed by atoms with E-state index in [4.69, 9.17) is 10.5 Å². The fourth-order valence-corrected chi connectivity index (χ4v) is 2.52. The van der Waals surface area contributed by atoms with Gasteiger partial charge in [0.2, 0.25) is 0 Å². The van der Waals surface area contributed by atoms with E-state index in [1.54, 1.807) is 0 Å². The number of hydrogen-bond acceptors (Lipinski definition) is 2. The molecule has 1 atom stereocenters. The van der Waals surface area contributed by atoms with Crippen molar-refractivity contribution >= 4 is 15.9 Å². The Hall–Kier alpha value is -1.39. The molecule has 0 saturated heterocycles. The van der Waals surface area contributed by atoms with Crippen LogP contribution in [0.4, 0.5) is 4.39 Å². The molecule has 0 saturated carbocycles. The lowest BCUT2D eigenvalue weighted by Crippen LogP contribution is -2.15. The first kappa shape index (κ1) is 15.0. The number of nitrogens with two attached hydrogens (primary N) is 1. The maximum absolute atomic E-state index is 13.5. The summed E-state index contributed by atoms with van der Waals surface area (Å²) in [5, 5.41) is 0. The molecule has 1 unspecified atom stereocenters. The van der Waals surface area contributed by atoms with Crippen molar-refractivity contribution in [2.24, 2.45) is 5.73 Å². The molecular formula is C16H17BrFNO. The molecule has 0 aromatic heterocycles. The lowest BCUT2D eigenvalue weighted by atomic mass is 9.98. The molecule has 0 spiro atoms. The van der Waals surface area contributed by atoms with Crippen molar-refractivity contribution in [2.45, 2.75) is 26.0 Å². The van der Waals surface area contributed by atoms with Crippen LogP contribution < -0.4 is 10.5 Å². The highest BCUT2D eigenvalue weighted by Gasteiger charge is 2.16. The Labute approximate surface area is 126 Å². The van der Waals surface area contributed by atoms with Gasteiger partial charge in [-0.3, -0.25) is 0 Å². The quantitative estimate of drug-likeness (QED) is 0.895. The van der Waals surface area contributed by atoms with E-state index < -0.39 is 6.04 Å². The van der Waals surface area contributed by atoms with E-state index in [1.165, 1.54) is 12.1 Å². The molecule has 0 aliphatic rings. The molecule has 0 radical (unpaired) electrons. The van der Waals surface area contributed by atoms with Gasteiger partial charge in [0.1, 0.15) is 11.6 Å². The molecule has 0 heterocycles. The third-order valence-corrected chi connectivity index (χ3v) is 3.32. The second-order valence-corrected chi connectivity index (χ2v) is 5.80. The normalized spacial score (nSPS) is 12.5. The number of ether oxygens (including phenoxy) is 1. The van der Waals surface area contributed by atoms with E-state index >= 15 is 0 Å².